The van der Waals surface area contributed by atoms with Crippen molar-refractivity contribution in [3.63, 3.8) is 0 Å². The third-order valence-corrected chi connectivity index (χ3v) is 4.02. The number of amides is 2. The summed E-state index contributed by atoms with van der Waals surface area (Å²) in [6.07, 6.45) is -5.61. The Balaban J connectivity index is 1.43. The number of carbonyl (C=O) groups excluding carboxylic acids is 1. The molecule has 0 radical (unpaired) electrons. The van der Waals surface area contributed by atoms with Crippen molar-refractivity contribution in [1.29, 1.82) is 0 Å². The van der Waals surface area contributed by atoms with Gasteiger partial charge in [-0.3, -0.25) is 0 Å². The number of aromatic nitrogens is 2. The van der Waals surface area contributed by atoms with Gasteiger partial charge in [0.05, 0.1) is 5.56 Å². The van der Waals surface area contributed by atoms with Gasteiger partial charge in [0.2, 0.25) is 11.8 Å². The lowest BCUT2D eigenvalue weighted by molar-refractivity contribution is -0.137. The zero-order chi connectivity index (χ0) is 22.4. The van der Waals surface area contributed by atoms with Gasteiger partial charge in [-0.2, -0.15) is 13.2 Å². The number of aliphatic hydroxyl groups is 1. The molecular weight excluding hydrogens is 417 g/mol. The number of carbonyl (C=O) groups is 1. The van der Waals surface area contributed by atoms with Crippen LogP contribution in [0.15, 0.2) is 52.9 Å². The zero-order valence-corrected chi connectivity index (χ0v) is 16.3. The summed E-state index contributed by atoms with van der Waals surface area (Å²) in [5.74, 6) is 0.763. The Labute approximate surface area is 175 Å². The van der Waals surface area contributed by atoms with Gasteiger partial charge in [-0.15, -0.1) is 10.2 Å². The van der Waals surface area contributed by atoms with Crippen molar-refractivity contribution in [3.8, 4) is 17.2 Å². The number of hydrogen-bond acceptors (Lipinski definition) is 6. The summed E-state index contributed by atoms with van der Waals surface area (Å²) in [6, 6.07) is 10.4. The summed E-state index contributed by atoms with van der Waals surface area (Å²) in [6.45, 7) is 1.22. The maximum Gasteiger partial charge on any atom is 0.416 e. The van der Waals surface area contributed by atoms with Crippen molar-refractivity contribution in [1.82, 2.24) is 15.5 Å². The van der Waals surface area contributed by atoms with Gasteiger partial charge in [-0.25, -0.2) is 4.79 Å². The molecule has 3 rings (SSSR count). The van der Waals surface area contributed by atoms with Gasteiger partial charge in [-0.05, 0) is 42.5 Å². The van der Waals surface area contributed by atoms with Crippen LogP contribution in [0.4, 0.5) is 23.7 Å². The lowest BCUT2D eigenvalue weighted by Gasteiger charge is -2.15. The Morgan fingerprint density at radius 3 is 2.58 bits per heavy atom. The first-order valence-electron chi connectivity index (χ1n) is 9.14. The van der Waals surface area contributed by atoms with Crippen LogP contribution in [-0.2, 0) is 6.18 Å². The first-order valence-corrected chi connectivity index (χ1v) is 9.14. The number of halogens is 3. The number of benzene rings is 2. The number of urea groups is 1. The van der Waals surface area contributed by atoms with E-state index in [1.54, 1.807) is 31.2 Å². The topological polar surface area (TPSA) is 110 Å². The third kappa shape index (κ3) is 6.44. The van der Waals surface area contributed by atoms with Crippen LogP contribution in [0.25, 0.3) is 11.5 Å². The number of rotatable bonds is 7. The quantitative estimate of drug-likeness (QED) is 0.522. The Morgan fingerprint density at radius 1 is 1.19 bits per heavy atom. The molecule has 0 aliphatic heterocycles. The van der Waals surface area contributed by atoms with Crippen molar-refractivity contribution < 1.29 is 32.2 Å². The number of anilines is 1. The average Bonchev–Trinajstić information content (AvgIpc) is 3.17. The smallest absolute Gasteiger partial charge is 0.416 e. The summed E-state index contributed by atoms with van der Waals surface area (Å²) < 4.78 is 48.6. The summed E-state index contributed by atoms with van der Waals surface area (Å²) in [4.78, 5) is 12.0. The Morgan fingerprint density at radius 2 is 1.94 bits per heavy atom. The van der Waals surface area contributed by atoms with Gasteiger partial charge in [0.25, 0.3) is 0 Å². The van der Waals surface area contributed by atoms with Crippen LogP contribution in [0.5, 0.6) is 5.75 Å². The molecule has 0 aliphatic carbocycles. The molecule has 2 aromatic carbocycles. The van der Waals surface area contributed by atoms with E-state index in [2.05, 4.69) is 20.8 Å². The molecule has 0 spiro atoms. The number of aryl methyl sites for hydroxylation is 1. The minimum absolute atomic E-state index is 0.0325. The SMILES string of the molecule is Cc1nnc(-c2ccc(NC(=O)NC[C@@H](O)COc3cccc(C(F)(F)F)c3)cc2)o1. The normalized spacial score (nSPS) is 12.3. The summed E-state index contributed by atoms with van der Waals surface area (Å²) >= 11 is 0. The molecule has 0 saturated heterocycles. The van der Waals surface area contributed by atoms with Crippen LogP contribution in [0.1, 0.15) is 11.5 Å². The van der Waals surface area contributed by atoms with E-state index >= 15 is 0 Å². The maximum absolute atomic E-state index is 12.7. The van der Waals surface area contributed by atoms with Crippen LogP contribution < -0.4 is 15.4 Å². The standard InChI is InChI=1S/C20H19F3N4O4/c1-12-26-27-18(31-12)13-5-7-15(8-6-13)25-19(29)24-10-16(28)11-30-17-4-2-3-14(9-17)20(21,22)23/h2-9,16,28H,10-11H2,1H3,(H2,24,25,29)/t16-/m1/s1. The van der Waals surface area contributed by atoms with Gasteiger partial charge < -0.3 is 24.9 Å². The monoisotopic (exact) mass is 436 g/mol. The molecule has 1 heterocycles. The second-order valence-electron chi connectivity index (χ2n) is 6.53. The molecule has 1 atom stereocenters. The number of nitrogens with one attached hydrogen (secondary N) is 2. The van der Waals surface area contributed by atoms with E-state index in [4.69, 9.17) is 9.15 Å². The fourth-order valence-electron chi connectivity index (χ4n) is 2.51. The van der Waals surface area contributed by atoms with Crippen molar-refractivity contribution in [2.45, 2.75) is 19.2 Å². The van der Waals surface area contributed by atoms with E-state index in [0.717, 1.165) is 12.1 Å². The van der Waals surface area contributed by atoms with E-state index in [0.29, 0.717) is 23.0 Å². The molecule has 0 bridgehead atoms. The highest BCUT2D eigenvalue weighted by Gasteiger charge is 2.30. The maximum atomic E-state index is 12.7. The fraction of sp³-hybridized carbons (Fsp3) is 0.250. The van der Waals surface area contributed by atoms with Crippen molar-refractivity contribution >= 4 is 11.7 Å². The molecule has 0 unspecified atom stereocenters. The van der Waals surface area contributed by atoms with Gasteiger partial charge in [0.15, 0.2) is 0 Å². The van der Waals surface area contributed by atoms with E-state index in [1.165, 1.54) is 12.1 Å². The number of alkyl halides is 3. The molecule has 31 heavy (non-hydrogen) atoms. The first kappa shape index (κ1) is 22.1. The summed E-state index contributed by atoms with van der Waals surface area (Å²) in [5.41, 5.74) is 0.332. The zero-order valence-electron chi connectivity index (χ0n) is 16.3. The minimum atomic E-state index is -4.49. The van der Waals surface area contributed by atoms with E-state index in [1.807, 2.05) is 0 Å². The van der Waals surface area contributed by atoms with Crippen LogP contribution in [0.2, 0.25) is 0 Å². The molecule has 11 heteroatoms. The molecule has 0 aliphatic rings. The molecule has 0 fully saturated rings. The average molecular weight is 436 g/mol. The molecule has 164 valence electrons. The third-order valence-electron chi connectivity index (χ3n) is 4.02. The highest BCUT2D eigenvalue weighted by atomic mass is 19.4. The second-order valence-corrected chi connectivity index (χ2v) is 6.53. The highest BCUT2D eigenvalue weighted by Crippen LogP contribution is 2.31. The Hall–Kier alpha value is -3.60. The lowest BCUT2D eigenvalue weighted by Crippen LogP contribution is -2.37. The van der Waals surface area contributed by atoms with Crippen LogP contribution >= 0.6 is 0 Å². The van der Waals surface area contributed by atoms with E-state index in [-0.39, 0.29) is 18.9 Å². The van der Waals surface area contributed by atoms with Gasteiger partial charge in [0, 0.05) is 24.7 Å². The number of aliphatic hydroxyl groups excluding tert-OH is 1. The largest absolute Gasteiger partial charge is 0.491 e. The molecule has 3 aromatic rings. The highest BCUT2D eigenvalue weighted by molar-refractivity contribution is 5.89. The number of nitrogens with zero attached hydrogens (tertiary/aromatic N) is 2. The molecule has 1 aromatic heterocycles. The van der Waals surface area contributed by atoms with Gasteiger partial charge >= 0.3 is 12.2 Å². The molecule has 0 saturated carbocycles. The molecule has 8 nitrogen and oxygen atoms in total. The van der Waals surface area contributed by atoms with E-state index in [9.17, 15) is 23.1 Å². The van der Waals surface area contributed by atoms with Crippen LogP contribution in [0.3, 0.4) is 0 Å². The summed E-state index contributed by atoms with van der Waals surface area (Å²) in [7, 11) is 0. The van der Waals surface area contributed by atoms with Crippen LogP contribution in [0, 0.1) is 6.92 Å². The number of hydrogen-bond donors (Lipinski definition) is 3. The van der Waals surface area contributed by atoms with Crippen LogP contribution in [-0.4, -0.2) is 40.6 Å². The molecular formula is C20H19F3N4O4. The molecule has 3 N–H and O–H groups in total. The predicted molar refractivity (Wildman–Crippen MR) is 104 cm³/mol. The fourth-order valence-corrected chi connectivity index (χ4v) is 2.51. The van der Waals surface area contributed by atoms with Crippen molar-refractivity contribution in [2.75, 3.05) is 18.5 Å². The lowest BCUT2D eigenvalue weighted by atomic mass is 10.2. The van der Waals surface area contributed by atoms with Gasteiger partial charge in [0.1, 0.15) is 18.5 Å². The Bertz CT molecular complexity index is 1020. The minimum Gasteiger partial charge on any atom is -0.491 e. The summed E-state index contributed by atoms with van der Waals surface area (Å²) in [5, 5.41) is 22.6. The Kier molecular flexibility index (Phi) is 6.75. The number of ether oxygens (including phenoxy) is 1. The van der Waals surface area contributed by atoms with Gasteiger partial charge in [-0.1, -0.05) is 6.07 Å². The van der Waals surface area contributed by atoms with Crippen molar-refractivity contribution in [3.05, 3.63) is 60.0 Å². The second kappa shape index (κ2) is 9.47. The predicted octanol–water partition coefficient (Wildman–Crippen LogP) is 3.63. The van der Waals surface area contributed by atoms with E-state index < -0.39 is 23.9 Å². The first-order chi connectivity index (χ1) is 14.7. The van der Waals surface area contributed by atoms with Crippen molar-refractivity contribution in [2.24, 2.45) is 0 Å². The molecule has 2 amide bonds.